The van der Waals surface area contributed by atoms with Gasteiger partial charge in [-0.05, 0) is 36.6 Å². The van der Waals surface area contributed by atoms with E-state index in [-0.39, 0.29) is 6.04 Å². The summed E-state index contributed by atoms with van der Waals surface area (Å²) < 4.78 is 3.35. The number of halogens is 2. The molecule has 1 unspecified atom stereocenters. The standard InChI is InChI=1S/C15H14BrClN2S/c1-10(14-3-2-8-20-14)19-13-5-4-11(16)9-12(13)18-15(19)6-7-17/h2-5,8-10H,6-7H2,1H3. The first-order valence-corrected chi connectivity index (χ1v) is 8.67. The second-order valence-corrected chi connectivity index (χ2v) is 6.93. The maximum Gasteiger partial charge on any atom is 0.111 e. The molecule has 0 saturated carbocycles. The molecule has 0 fully saturated rings. The van der Waals surface area contributed by atoms with E-state index in [1.54, 1.807) is 11.3 Å². The summed E-state index contributed by atoms with van der Waals surface area (Å²) in [5, 5.41) is 2.11. The number of aromatic nitrogens is 2. The van der Waals surface area contributed by atoms with Gasteiger partial charge >= 0.3 is 0 Å². The van der Waals surface area contributed by atoms with Crippen molar-refractivity contribution >= 4 is 49.9 Å². The molecule has 3 aromatic rings. The smallest absolute Gasteiger partial charge is 0.111 e. The Hall–Kier alpha value is -0.840. The summed E-state index contributed by atoms with van der Waals surface area (Å²) in [5.74, 6) is 1.63. The van der Waals surface area contributed by atoms with Crippen LogP contribution in [0.5, 0.6) is 0 Å². The van der Waals surface area contributed by atoms with Crippen LogP contribution in [0, 0.1) is 0 Å². The number of hydrogen-bond acceptors (Lipinski definition) is 2. The van der Waals surface area contributed by atoms with E-state index in [0.29, 0.717) is 5.88 Å². The van der Waals surface area contributed by atoms with Crippen molar-refractivity contribution in [3.8, 4) is 0 Å². The fourth-order valence-electron chi connectivity index (χ4n) is 2.47. The zero-order chi connectivity index (χ0) is 14.1. The van der Waals surface area contributed by atoms with Crippen LogP contribution in [0.15, 0.2) is 40.2 Å². The van der Waals surface area contributed by atoms with Crippen molar-refractivity contribution in [3.05, 3.63) is 50.9 Å². The van der Waals surface area contributed by atoms with Crippen molar-refractivity contribution in [3.63, 3.8) is 0 Å². The Bertz CT molecular complexity index is 721. The summed E-state index contributed by atoms with van der Waals surface area (Å²) in [7, 11) is 0. The lowest BCUT2D eigenvalue weighted by Crippen LogP contribution is -2.10. The lowest BCUT2D eigenvalue weighted by atomic mass is 10.2. The highest BCUT2D eigenvalue weighted by Gasteiger charge is 2.17. The molecule has 0 aliphatic carbocycles. The van der Waals surface area contributed by atoms with E-state index in [2.05, 4.69) is 63.1 Å². The van der Waals surface area contributed by atoms with E-state index < -0.39 is 0 Å². The fraction of sp³-hybridized carbons (Fsp3) is 0.267. The summed E-state index contributed by atoms with van der Waals surface area (Å²) in [6, 6.07) is 10.8. The zero-order valence-corrected chi connectivity index (χ0v) is 14.2. The summed E-state index contributed by atoms with van der Waals surface area (Å²) in [6.07, 6.45) is 0.781. The molecule has 0 N–H and O–H groups in total. The Labute approximate surface area is 135 Å². The third-order valence-electron chi connectivity index (χ3n) is 3.38. The molecule has 0 spiro atoms. The van der Waals surface area contributed by atoms with Gasteiger partial charge in [-0.2, -0.15) is 0 Å². The number of thiophene rings is 1. The minimum Gasteiger partial charge on any atom is -0.320 e. The number of aryl methyl sites for hydroxylation is 1. The topological polar surface area (TPSA) is 17.8 Å². The summed E-state index contributed by atoms with van der Waals surface area (Å²) in [5.41, 5.74) is 2.18. The Kier molecular flexibility index (Phi) is 4.15. The van der Waals surface area contributed by atoms with Crippen LogP contribution in [0.4, 0.5) is 0 Å². The Morgan fingerprint density at radius 2 is 2.25 bits per heavy atom. The van der Waals surface area contributed by atoms with Gasteiger partial charge in [-0.3, -0.25) is 0 Å². The van der Waals surface area contributed by atoms with Gasteiger partial charge in [-0.15, -0.1) is 22.9 Å². The van der Waals surface area contributed by atoms with Crippen LogP contribution in [0.3, 0.4) is 0 Å². The highest BCUT2D eigenvalue weighted by Crippen LogP contribution is 2.30. The maximum atomic E-state index is 5.94. The number of rotatable bonds is 4. The van der Waals surface area contributed by atoms with E-state index in [4.69, 9.17) is 16.6 Å². The van der Waals surface area contributed by atoms with Crippen molar-refractivity contribution in [2.24, 2.45) is 0 Å². The van der Waals surface area contributed by atoms with Gasteiger partial charge in [0.2, 0.25) is 0 Å². The van der Waals surface area contributed by atoms with Crippen LogP contribution in [0.2, 0.25) is 0 Å². The second-order valence-electron chi connectivity index (χ2n) is 4.66. The number of imidazole rings is 1. The Morgan fingerprint density at radius 3 is 2.95 bits per heavy atom. The van der Waals surface area contributed by atoms with Gasteiger partial charge < -0.3 is 4.57 Å². The highest BCUT2D eigenvalue weighted by molar-refractivity contribution is 9.10. The van der Waals surface area contributed by atoms with Gasteiger partial charge in [0.05, 0.1) is 17.1 Å². The number of fused-ring (bicyclic) bond motifs is 1. The summed E-state index contributed by atoms with van der Waals surface area (Å²) in [6.45, 7) is 2.22. The van der Waals surface area contributed by atoms with Crippen LogP contribution < -0.4 is 0 Å². The zero-order valence-electron chi connectivity index (χ0n) is 11.0. The molecule has 104 valence electrons. The maximum absolute atomic E-state index is 5.94. The number of alkyl halides is 1. The molecule has 0 bridgehead atoms. The minimum absolute atomic E-state index is 0.277. The van der Waals surface area contributed by atoms with Gasteiger partial charge in [-0.1, -0.05) is 22.0 Å². The third-order valence-corrected chi connectivity index (χ3v) is 5.11. The minimum atomic E-state index is 0.277. The SMILES string of the molecule is CC(c1cccs1)n1c(CCCl)nc2cc(Br)ccc21. The molecule has 20 heavy (non-hydrogen) atoms. The van der Waals surface area contributed by atoms with Gasteiger partial charge in [0.25, 0.3) is 0 Å². The molecular weight excluding hydrogens is 356 g/mol. The quantitative estimate of drug-likeness (QED) is 0.574. The largest absolute Gasteiger partial charge is 0.320 e. The number of benzene rings is 1. The number of hydrogen-bond donors (Lipinski definition) is 0. The van der Waals surface area contributed by atoms with Gasteiger partial charge in [0, 0.05) is 21.7 Å². The first kappa shape index (κ1) is 14.1. The number of nitrogens with zero attached hydrogens (tertiary/aromatic N) is 2. The van der Waals surface area contributed by atoms with Crippen molar-refractivity contribution in [1.82, 2.24) is 9.55 Å². The molecule has 2 nitrogen and oxygen atoms in total. The molecule has 0 radical (unpaired) electrons. The third kappa shape index (κ3) is 2.52. The normalized spacial score (nSPS) is 12.9. The monoisotopic (exact) mass is 368 g/mol. The van der Waals surface area contributed by atoms with Crippen LogP contribution >= 0.6 is 38.9 Å². The molecule has 0 saturated heterocycles. The van der Waals surface area contributed by atoms with Crippen LogP contribution in [-0.4, -0.2) is 15.4 Å². The molecule has 0 amide bonds. The van der Waals surface area contributed by atoms with Gasteiger partial charge in [-0.25, -0.2) is 4.98 Å². The van der Waals surface area contributed by atoms with E-state index in [0.717, 1.165) is 27.8 Å². The predicted octanol–water partition coefficient (Wildman–Crippen LogP) is 5.25. The molecule has 2 heterocycles. The van der Waals surface area contributed by atoms with Crippen molar-refractivity contribution < 1.29 is 0 Å². The fourth-order valence-corrected chi connectivity index (χ4v) is 3.76. The average molecular weight is 370 g/mol. The van der Waals surface area contributed by atoms with Crippen LogP contribution in [0.25, 0.3) is 11.0 Å². The van der Waals surface area contributed by atoms with Gasteiger partial charge in [0.1, 0.15) is 5.82 Å². The molecule has 0 aliphatic heterocycles. The second kappa shape index (κ2) is 5.88. The Morgan fingerprint density at radius 1 is 1.40 bits per heavy atom. The van der Waals surface area contributed by atoms with Crippen molar-refractivity contribution in [1.29, 1.82) is 0 Å². The first-order chi connectivity index (χ1) is 9.70. The van der Waals surface area contributed by atoms with E-state index in [1.165, 1.54) is 4.88 Å². The predicted molar refractivity (Wildman–Crippen MR) is 90.0 cm³/mol. The average Bonchev–Trinajstić information content (AvgIpc) is 3.05. The molecule has 5 heteroatoms. The Balaban J connectivity index is 2.18. The van der Waals surface area contributed by atoms with Crippen LogP contribution in [0.1, 0.15) is 23.7 Å². The van der Waals surface area contributed by atoms with Crippen molar-refractivity contribution in [2.75, 3.05) is 5.88 Å². The molecule has 3 rings (SSSR count). The molecule has 2 aromatic heterocycles. The van der Waals surface area contributed by atoms with E-state index in [9.17, 15) is 0 Å². The highest BCUT2D eigenvalue weighted by atomic mass is 79.9. The lowest BCUT2D eigenvalue weighted by Gasteiger charge is -2.16. The molecular formula is C15H14BrClN2S. The van der Waals surface area contributed by atoms with E-state index >= 15 is 0 Å². The summed E-state index contributed by atoms with van der Waals surface area (Å²) in [4.78, 5) is 6.08. The molecule has 0 aliphatic rings. The van der Waals surface area contributed by atoms with Gasteiger partial charge in [0.15, 0.2) is 0 Å². The lowest BCUT2D eigenvalue weighted by molar-refractivity contribution is 0.633. The molecule has 1 atom stereocenters. The van der Waals surface area contributed by atoms with E-state index in [1.807, 2.05) is 0 Å². The van der Waals surface area contributed by atoms with Crippen molar-refractivity contribution in [2.45, 2.75) is 19.4 Å². The summed E-state index contributed by atoms with van der Waals surface area (Å²) >= 11 is 11.2. The van der Waals surface area contributed by atoms with Crippen LogP contribution in [-0.2, 0) is 6.42 Å². The molecule has 1 aromatic carbocycles. The first-order valence-electron chi connectivity index (χ1n) is 6.46.